The van der Waals surface area contributed by atoms with Crippen molar-refractivity contribution >= 4 is 5.91 Å². The van der Waals surface area contributed by atoms with Gasteiger partial charge in [-0.3, -0.25) is 14.6 Å². The molecule has 0 aliphatic carbocycles. The first-order chi connectivity index (χ1) is 8.47. The van der Waals surface area contributed by atoms with Gasteiger partial charge in [-0.25, -0.2) is 0 Å². The zero-order chi connectivity index (χ0) is 13.2. The summed E-state index contributed by atoms with van der Waals surface area (Å²) in [5.74, 6) is 0.330. The predicted molar refractivity (Wildman–Crippen MR) is 73.6 cm³/mol. The second-order valence-electron chi connectivity index (χ2n) is 6.52. The zero-order valence-electron chi connectivity index (χ0n) is 12.1. The number of rotatable bonds is 2. The van der Waals surface area contributed by atoms with Crippen molar-refractivity contribution in [2.24, 2.45) is 0 Å². The number of amides is 1. The van der Waals surface area contributed by atoms with Crippen LogP contribution in [-0.2, 0) is 4.79 Å². The Kier molecular flexibility index (Phi) is 4.28. The molecular formula is C14H27N3O. The third kappa shape index (κ3) is 3.45. The monoisotopic (exact) mass is 253 g/mol. The molecule has 1 amide bonds. The molecule has 0 bridgehead atoms. The maximum atomic E-state index is 12.1. The summed E-state index contributed by atoms with van der Waals surface area (Å²) in [6, 6.07) is 0. The number of hydrogen-bond acceptors (Lipinski definition) is 3. The molecule has 2 heterocycles. The Bertz CT molecular complexity index is 284. The molecule has 4 heteroatoms. The van der Waals surface area contributed by atoms with Crippen molar-refractivity contribution < 1.29 is 4.79 Å². The normalized spacial score (nSPS) is 23.6. The topological polar surface area (TPSA) is 26.8 Å². The van der Waals surface area contributed by atoms with Crippen molar-refractivity contribution in [3.63, 3.8) is 0 Å². The minimum atomic E-state index is 0.255. The van der Waals surface area contributed by atoms with Crippen molar-refractivity contribution in [3.05, 3.63) is 0 Å². The number of nitrogens with zero attached hydrogens (tertiary/aromatic N) is 3. The van der Waals surface area contributed by atoms with Crippen molar-refractivity contribution in [3.8, 4) is 0 Å². The molecule has 2 aliphatic heterocycles. The average molecular weight is 253 g/mol. The molecule has 2 fully saturated rings. The Morgan fingerprint density at radius 2 is 1.50 bits per heavy atom. The minimum Gasteiger partial charge on any atom is -0.342 e. The molecule has 0 aromatic carbocycles. The van der Waals surface area contributed by atoms with Crippen LogP contribution in [0.1, 0.15) is 33.6 Å². The minimum absolute atomic E-state index is 0.255. The Labute approximate surface area is 111 Å². The molecule has 0 aromatic rings. The Morgan fingerprint density at radius 1 is 0.944 bits per heavy atom. The summed E-state index contributed by atoms with van der Waals surface area (Å²) in [6.07, 6.45) is 2.37. The molecule has 2 saturated heterocycles. The fourth-order valence-electron chi connectivity index (χ4n) is 2.83. The van der Waals surface area contributed by atoms with E-state index >= 15 is 0 Å². The first-order valence-electron chi connectivity index (χ1n) is 7.22. The van der Waals surface area contributed by atoms with Gasteiger partial charge in [0.1, 0.15) is 0 Å². The average Bonchev–Trinajstić information content (AvgIpc) is 2.82. The lowest BCUT2D eigenvalue weighted by Gasteiger charge is -2.42. The van der Waals surface area contributed by atoms with Crippen molar-refractivity contribution in [1.82, 2.24) is 14.7 Å². The molecule has 0 N–H and O–H groups in total. The third-order valence-electron chi connectivity index (χ3n) is 4.14. The van der Waals surface area contributed by atoms with E-state index in [-0.39, 0.29) is 5.54 Å². The fraction of sp³-hybridized carbons (Fsp3) is 0.929. The third-order valence-corrected chi connectivity index (χ3v) is 4.14. The van der Waals surface area contributed by atoms with Crippen LogP contribution in [0.5, 0.6) is 0 Å². The smallest absolute Gasteiger partial charge is 0.236 e. The Hall–Kier alpha value is -0.610. The van der Waals surface area contributed by atoms with Crippen LogP contribution < -0.4 is 0 Å². The highest BCUT2D eigenvalue weighted by atomic mass is 16.2. The van der Waals surface area contributed by atoms with Crippen LogP contribution in [0, 0.1) is 0 Å². The maximum absolute atomic E-state index is 12.1. The second-order valence-corrected chi connectivity index (χ2v) is 6.52. The first-order valence-corrected chi connectivity index (χ1v) is 7.22. The number of piperazine rings is 1. The van der Waals surface area contributed by atoms with Gasteiger partial charge in [-0.1, -0.05) is 0 Å². The molecule has 0 atom stereocenters. The van der Waals surface area contributed by atoms with E-state index in [4.69, 9.17) is 0 Å². The largest absolute Gasteiger partial charge is 0.342 e. The van der Waals surface area contributed by atoms with Crippen LogP contribution in [0.4, 0.5) is 0 Å². The number of carbonyl (C=O) groups is 1. The highest BCUT2D eigenvalue weighted by Gasteiger charge is 2.27. The van der Waals surface area contributed by atoms with Gasteiger partial charge in [-0.15, -0.1) is 0 Å². The van der Waals surface area contributed by atoms with Crippen LogP contribution in [0.3, 0.4) is 0 Å². The molecule has 0 saturated carbocycles. The van der Waals surface area contributed by atoms with Gasteiger partial charge in [0.25, 0.3) is 0 Å². The molecule has 2 rings (SSSR count). The summed E-state index contributed by atoms with van der Waals surface area (Å²) < 4.78 is 0. The van der Waals surface area contributed by atoms with Crippen LogP contribution >= 0.6 is 0 Å². The van der Waals surface area contributed by atoms with E-state index in [0.717, 1.165) is 39.3 Å². The van der Waals surface area contributed by atoms with Crippen LogP contribution in [-0.4, -0.2) is 72.0 Å². The summed E-state index contributed by atoms with van der Waals surface area (Å²) in [5, 5.41) is 0. The molecule has 0 unspecified atom stereocenters. The standard InChI is InChI=1S/C14H27N3O/c1-14(2,3)17-10-8-15(9-11-17)12-13(18)16-6-4-5-7-16/h4-12H2,1-3H3. The van der Waals surface area contributed by atoms with Crippen molar-refractivity contribution in [1.29, 1.82) is 0 Å². The summed E-state index contributed by atoms with van der Waals surface area (Å²) in [4.78, 5) is 18.9. The summed E-state index contributed by atoms with van der Waals surface area (Å²) in [6.45, 7) is 13.6. The molecular weight excluding hydrogens is 226 g/mol. The molecule has 0 radical (unpaired) electrons. The van der Waals surface area contributed by atoms with Crippen LogP contribution in [0.15, 0.2) is 0 Å². The first kappa shape index (κ1) is 13.8. The second kappa shape index (κ2) is 5.57. The lowest BCUT2D eigenvalue weighted by Crippen LogP contribution is -2.54. The molecule has 18 heavy (non-hydrogen) atoms. The van der Waals surface area contributed by atoms with Gasteiger partial charge in [0.15, 0.2) is 0 Å². The molecule has 0 spiro atoms. The van der Waals surface area contributed by atoms with Gasteiger partial charge in [0, 0.05) is 44.8 Å². The van der Waals surface area contributed by atoms with E-state index in [2.05, 4.69) is 30.6 Å². The summed E-state index contributed by atoms with van der Waals surface area (Å²) >= 11 is 0. The van der Waals surface area contributed by atoms with E-state index in [1.165, 1.54) is 12.8 Å². The molecule has 104 valence electrons. The molecule has 4 nitrogen and oxygen atoms in total. The lowest BCUT2D eigenvalue weighted by molar-refractivity contribution is -0.131. The van der Waals surface area contributed by atoms with E-state index in [9.17, 15) is 4.79 Å². The van der Waals surface area contributed by atoms with E-state index < -0.39 is 0 Å². The van der Waals surface area contributed by atoms with Crippen molar-refractivity contribution in [2.75, 3.05) is 45.8 Å². The van der Waals surface area contributed by atoms with Crippen LogP contribution in [0.2, 0.25) is 0 Å². The van der Waals surface area contributed by atoms with Crippen molar-refractivity contribution in [2.45, 2.75) is 39.2 Å². The van der Waals surface area contributed by atoms with E-state index in [0.29, 0.717) is 12.5 Å². The van der Waals surface area contributed by atoms with Gasteiger partial charge >= 0.3 is 0 Å². The molecule has 2 aliphatic rings. The quantitative estimate of drug-likeness (QED) is 0.735. The number of likely N-dealkylation sites (tertiary alicyclic amines) is 1. The van der Waals surface area contributed by atoms with E-state index in [1.54, 1.807) is 0 Å². The highest BCUT2D eigenvalue weighted by Crippen LogP contribution is 2.16. The molecule has 0 aromatic heterocycles. The highest BCUT2D eigenvalue weighted by molar-refractivity contribution is 5.78. The lowest BCUT2D eigenvalue weighted by atomic mass is 10.1. The number of hydrogen-bond donors (Lipinski definition) is 0. The van der Waals surface area contributed by atoms with Gasteiger partial charge in [0.2, 0.25) is 5.91 Å². The van der Waals surface area contributed by atoms with Gasteiger partial charge in [0.05, 0.1) is 6.54 Å². The summed E-state index contributed by atoms with van der Waals surface area (Å²) in [7, 11) is 0. The van der Waals surface area contributed by atoms with Crippen LogP contribution in [0.25, 0.3) is 0 Å². The van der Waals surface area contributed by atoms with Gasteiger partial charge in [-0.2, -0.15) is 0 Å². The predicted octanol–water partition coefficient (Wildman–Crippen LogP) is 1.02. The fourth-order valence-corrected chi connectivity index (χ4v) is 2.83. The maximum Gasteiger partial charge on any atom is 0.236 e. The zero-order valence-corrected chi connectivity index (χ0v) is 12.1. The SMILES string of the molecule is CC(C)(C)N1CCN(CC(=O)N2CCCC2)CC1. The summed E-state index contributed by atoms with van der Waals surface area (Å²) in [5.41, 5.74) is 0.255. The van der Waals surface area contributed by atoms with Gasteiger partial charge in [-0.05, 0) is 33.6 Å². The number of carbonyl (C=O) groups excluding carboxylic acids is 1. The Balaban J connectivity index is 1.75. The Morgan fingerprint density at radius 3 is 2.00 bits per heavy atom. The van der Waals surface area contributed by atoms with E-state index in [1.807, 2.05) is 4.90 Å². The van der Waals surface area contributed by atoms with Gasteiger partial charge < -0.3 is 4.90 Å².